The second kappa shape index (κ2) is 6.41. The summed E-state index contributed by atoms with van der Waals surface area (Å²) in [6.07, 6.45) is 6.19. The van der Waals surface area contributed by atoms with E-state index in [4.69, 9.17) is 0 Å². The fourth-order valence-electron chi connectivity index (χ4n) is 1.97. The van der Waals surface area contributed by atoms with Gasteiger partial charge in [-0.1, -0.05) is 12.1 Å². The monoisotopic (exact) mass is 258 g/mol. The zero-order chi connectivity index (χ0) is 13.7. The van der Waals surface area contributed by atoms with Gasteiger partial charge in [-0.3, -0.25) is 4.79 Å². The van der Waals surface area contributed by atoms with Crippen LogP contribution in [0.15, 0.2) is 36.9 Å². The smallest absolute Gasteiger partial charge is 0.251 e. The number of nitrogens with one attached hydrogen (secondary N) is 2. The summed E-state index contributed by atoms with van der Waals surface area (Å²) in [7, 11) is 0. The van der Waals surface area contributed by atoms with Crippen LogP contribution in [0.3, 0.4) is 0 Å². The first-order valence-corrected chi connectivity index (χ1v) is 6.97. The fraction of sp³-hybridized carbons (Fsp3) is 0.438. The predicted molar refractivity (Wildman–Crippen MR) is 79.4 cm³/mol. The standard InChI is InChI=1S/C16H22N2O/c1-3-4-6-12(2)17-15-8-5-7-13(11-15)16(19)18-14-9-10-14/h3,5,7-8,11-12,14,17H,1,4,6,9-10H2,2H3,(H,18,19). The number of rotatable bonds is 7. The third-order valence-corrected chi connectivity index (χ3v) is 3.25. The van der Waals surface area contributed by atoms with Gasteiger partial charge in [0.1, 0.15) is 0 Å². The maximum Gasteiger partial charge on any atom is 0.251 e. The molecule has 0 spiro atoms. The molecule has 0 bridgehead atoms. The molecule has 1 aromatic carbocycles. The van der Waals surface area contributed by atoms with E-state index in [-0.39, 0.29) is 5.91 Å². The van der Waals surface area contributed by atoms with Gasteiger partial charge in [0.15, 0.2) is 0 Å². The third kappa shape index (κ3) is 4.43. The number of hydrogen-bond acceptors (Lipinski definition) is 2. The largest absolute Gasteiger partial charge is 0.383 e. The summed E-state index contributed by atoms with van der Waals surface area (Å²) in [5.41, 5.74) is 1.73. The Morgan fingerprint density at radius 2 is 2.32 bits per heavy atom. The number of carbonyl (C=O) groups is 1. The van der Waals surface area contributed by atoms with Crippen LogP contribution in [0.5, 0.6) is 0 Å². The van der Waals surface area contributed by atoms with E-state index in [0.717, 1.165) is 36.9 Å². The van der Waals surface area contributed by atoms with Gasteiger partial charge in [0.2, 0.25) is 0 Å². The molecule has 1 atom stereocenters. The first-order valence-electron chi connectivity index (χ1n) is 6.97. The maximum absolute atomic E-state index is 12.0. The molecule has 3 heteroatoms. The molecule has 3 nitrogen and oxygen atoms in total. The molecular formula is C16H22N2O. The SMILES string of the molecule is C=CCCC(C)Nc1cccc(C(=O)NC2CC2)c1. The summed E-state index contributed by atoms with van der Waals surface area (Å²) in [4.78, 5) is 12.0. The summed E-state index contributed by atoms with van der Waals surface area (Å²) in [5.74, 6) is 0.0323. The molecule has 102 valence electrons. The van der Waals surface area contributed by atoms with Gasteiger partial charge >= 0.3 is 0 Å². The molecule has 1 saturated carbocycles. The number of benzene rings is 1. The van der Waals surface area contributed by atoms with Crippen LogP contribution in [0.4, 0.5) is 5.69 Å². The number of amides is 1. The van der Waals surface area contributed by atoms with Crippen molar-refractivity contribution in [1.82, 2.24) is 5.32 Å². The van der Waals surface area contributed by atoms with Crippen molar-refractivity contribution in [2.75, 3.05) is 5.32 Å². The highest BCUT2D eigenvalue weighted by Gasteiger charge is 2.23. The van der Waals surface area contributed by atoms with Gasteiger partial charge in [-0.05, 0) is 50.8 Å². The molecule has 0 saturated heterocycles. The summed E-state index contributed by atoms with van der Waals surface area (Å²) in [6.45, 7) is 5.87. The van der Waals surface area contributed by atoms with Gasteiger partial charge in [-0.25, -0.2) is 0 Å². The normalized spacial score (nSPS) is 15.6. The molecule has 1 amide bonds. The third-order valence-electron chi connectivity index (χ3n) is 3.25. The summed E-state index contributed by atoms with van der Waals surface area (Å²) < 4.78 is 0. The molecule has 1 fully saturated rings. The lowest BCUT2D eigenvalue weighted by molar-refractivity contribution is 0.0951. The Labute approximate surface area is 115 Å². The average molecular weight is 258 g/mol. The lowest BCUT2D eigenvalue weighted by atomic mass is 10.1. The zero-order valence-corrected chi connectivity index (χ0v) is 11.5. The molecule has 1 aliphatic rings. The Morgan fingerprint density at radius 3 is 3.00 bits per heavy atom. The topological polar surface area (TPSA) is 41.1 Å². The van der Waals surface area contributed by atoms with Gasteiger partial charge in [0.25, 0.3) is 5.91 Å². The summed E-state index contributed by atoms with van der Waals surface area (Å²) in [5, 5.41) is 6.42. The van der Waals surface area contributed by atoms with Crippen molar-refractivity contribution in [1.29, 1.82) is 0 Å². The minimum Gasteiger partial charge on any atom is -0.383 e. The van der Waals surface area contributed by atoms with Crippen LogP contribution >= 0.6 is 0 Å². The number of carbonyl (C=O) groups excluding carboxylic acids is 1. The van der Waals surface area contributed by atoms with Crippen molar-refractivity contribution in [3.05, 3.63) is 42.5 Å². The Hall–Kier alpha value is -1.77. The van der Waals surface area contributed by atoms with Gasteiger partial charge in [-0.2, -0.15) is 0 Å². The van der Waals surface area contributed by atoms with E-state index in [0.29, 0.717) is 12.1 Å². The minimum absolute atomic E-state index is 0.0323. The van der Waals surface area contributed by atoms with Crippen molar-refractivity contribution in [2.24, 2.45) is 0 Å². The van der Waals surface area contributed by atoms with E-state index in [1.165, 1.54) is 0 Å². The second-order valence-corrected chi connectivity index (χ2v) is 5.24. The van der Waals surface area contributed by atoms with E-state index in [1.807, 2.05) is 30.3 Å². The van der Waals surface area contributed by atoms with E-state index >= 15 is 0 Å². The van der Waals surface area contributed by atoms with Crippen molar-refractivity contribution < 1.29 is 4.79 Å². The molecule has 1 unspecified atom stereocenters. The summed E-state index contributed by atoms with van der Waals surface area (Å²) in [6, 6.07) is 8.47. The molecule has 1 aliphatic carbocycles. The van der Waals surface area contributed by atoms with Crippen LogP contribution < -0.4 is 10.6 Å². The maximum atomic E-state index is 12.0. The minimum atomic E-state index is 0.0323. The number of hydrogen-bond donors (Lipinski definition) is 2. The summed E-state index contributed by atoms with van der Waals surface area (Å²) >= 11 is 0. The Kier molecular flexibility index (Phi) is 4.61. The van der Waals surface area contributed by atoms with Crippen LogP contribution in [0.1, 0.15) is 43.0 Å². The molecule has 2 rings (SSSR count). The average Bonchev–Trinajstić information content (AvgIpc) is 3.20. The Bertz CT molecular complexity index is 452. The first-order chi connectivity index (χ1) is 9.19. The van der Waals surface area contributed by atoms with Crippen LogP contribution in [-0.4, -0.2) is 18.0 Å². The lowest BCUT2D eigenvalue weighted by Gasteiger charge is -2.15. The van der Waals surface area contributed by atoms with Crippen LogP contribution in [0, 0.1) is 0 Å². The highest BCUT2D eigenvalue weighted by molar-refractivity contribution is 5.95. The molecule has 0 aliphatic heterocycles. The Balaban J connectivity index is 1.93. The van der Waals surface area contributed by atoms with Crippen LogP contribution in [-0.2, 0) is 0 Å². The van der Waals surface area contributed by atoms with Gasteiger partial charge in [0, 0.05) is 23.3 Å². The number of allylic oxidation sites excluding steroid dienone is 1. The van der Waals surface area contributed by atoms with Crippen molar-refractivity contribution in [2.45, 2.75) is 44.7 Å². The molecular weight excluding hydrogens is 236 g/mol. The number of anilines is 1. The van der Waals surface area contributed by atoms with Crippen molar-refractivity contribution in [3.63, 3.8) is 0 Å². The van der Waals surface area contributed by atoms with Gasteiger partial charge in [0.05, 0.1) is 0 Å². The van der Waals surface area contributed by atoms with Crippen LogP contribution in [0.25, 0.3) is 0 Å². The highest BCUT2D eigenvalue weighted by Crippen LogP contribution is 2.20. The van der Waals surface area contributed by atoms with E-state index in [9.17, 15) is 4.79 Å². The first kappa shape index (κ1) is 13.7. The molecule has 0 aromatic heterocycles. The van der Waals surface area contributed by atoms with E-state index in [1.54, 1.807) is 0 Å². The zero-order valence-electron chi connectivity index (χ0n) is 11.5. The quantitative estimate of drug-likeness (QED) is 0.736. The lowest BCUT2D eigenvalue weighted by Crippen LogP contribution is -2.25. The molecule has 1 aromatic rings. The molecule has 2 N–H and O–H groups in total. The second-order valence-electron chi connectivity index (χ2n) is 5.24. The van der Waals surface area contributed by atoms with Crippen molar-refractivity contribution >= 4 is 11.6 Å². The molecule has 19 heavy (non-hydrogen) atoms. The van der Waals surface area contributed by atoms with E-state index < -0.39 is 0 Å². The van der Waals surface area contributed by atoms with E-state index in [2.05, 4.69) is 24.1 Å². The predicted octanol–water partition coefficient (Wildman–Crippen LogP) is 3.35. The van der Waals surface area contributed by atoms with Crippen molar-refractivity contribution in [3.8, 4) is 0 Å². The fourth-order valence-corrected chi connectivity index (χ4v) is 1.97. The molecule has 0 radical (unpaired) electrons. The van der Waals surface area contributed by atoms with Crippen LogP contribution in [0.2, 0.25) is 0 Å². The Morgan fingerprint density at radius 1 is 1.53 bits per heavy atom. The molecule has 0 heterocycles. The highest BCUT2D eigenvalue weighted by atomic mass is 16.1. The van der Waals surface area contributed by atoms with Gasteiger partial charge in [-0.15, -0.1) is 6.58 Å². The van der Waals surface area contributed by atoms with Gasteiger partial charge < -0.3 is 10.6 Å².